The van der Waals surface area contributed by atoms with E-state index in [1.807, 2.05) is 25.1 Å². The molecule has 156 valence electrons. The summed E-state index contributed by atoms with van der Waals surface area (Å²) in [6, 6.07) is 5.94. The lowest BCUT2D eigenvalue weighted by Crippen LogP contribution is -2.47. The number of hydrogen-bond acceptors (Lipinski definition) is 5. The van der Waals surface area contributed by atoms with Crippen molar-refractivity contribution in [3.05, 3.63) is 28.6 Å². The van der Waals surface area contributed by atoms with Crippen molar-refractivity contribution in [3.63, 3.8) is 0 Å². The number of benzene rings is 1. The number of carbonyl (C=O) groups is 1. The Morgan fingerprint density at radius 2 is 1.68 bits per heavy atom. The van der Waals surface area contributed by atoms with Crippen molar-refractivity contribution >= 4 is 35.7 Å². The van der Waals surface area contributed by atoms with Gasteiger partial charge in [-0.2, -0.15) is 0 Å². The van der Waals surface area contributed by atoms with Crippen molar-refractivity contribution in [2.75, 3.05) is 13.7 Å². The van der Waals surface area contributed by atoms with E-state index in [0.29, 0.717) is 34.7 Å². The van der Waals surface area contributed by atoms with Crippen LogP contribution >= 0.6 is 11.3 Å². The molecular formula is C22H34O4SSi. The van der Waals surface area contributed by atoms with Crippen molar-refractivity contribution in [3.8, 4) is 5.75 Å². The molecule has 0 saturated heterocycles. The molecule has 1 heterocycles. The highest BCUT2D eigenvalue weighted by atomic mass is 32.1. The van der Waals surface area contributed by atoms with Crippen LogP contribution in [0.25, 0.3) is 10.1 Å². The minimum atomic E-state index is -2.04. The zero-order valence-electron chi connectivity index (χ0n) is 18.4. The fraction of sp³-hybridized carbons (Fsp3) is 0.591. The molecular weight excluding hydrogens is 388 g/mol. The van der Waals surface area contributed by atoms with E-state index in [-0.39, 0.29) is 5.97 Å². The van der Waals surface area contributed by atoms with Crippen molar-refractivity contribution < 1.29 is 18.7 Å². The number of ether oxygens (including phenoxy) is 2. The van der Waals surface area contributed by atoms with Gasteiger partial charge in [-0.25, -0.2) is 4.79 Å². The molecule has 0 unspecified atom stereocenters. The molecule has 0 atom stereocenters. The monoisotopic (exact) mass is 422 g/mol. The highest BCUT2D eigenvalue weighted by Crippen LogP contribution is 2.44. The van der Waals surface area contributed by atoms with Gasteiger partial charge in [0.25, 0.3) is 0 Å². The molecule has 2 rings (SSSR count). The van der Waals surface area contributed by atoms with Crippen LogP contribution in [0.5, 0.6) is 5.75 Å². The van der Waals surface area contributed by atoms with Gasteiger partial charge in [0.1, 0.15) is 10.6 Å². The Morgan fingerprint density at radius 1 is 1.07 bits per heavy atom. The van der Waals surface area contributed by atoms with E-state index in [1.165, 1.54) is 11.3 Å². The van der Waals surface area contributed by atoms with E-state index in [9.17, 15) is 4.79 Å². The first-order chi connectivity index (χ1) is 13.2. The summed E-state index contributed by atoms with van der Waals surface area (Å²) in [5.41, 5.74) is 2.41. The molecule has 0 amide bonds. The summed E-state index contributed by atoms with van der Waals surface area (Å²) in [6.07, 6.45) is 0. The number of methoxy groups -OCH3 is 1. The van der Waals surface area contributed by atoms with Crippen molar-refractivity contribution in [2.24, 2.45) is 0 Å². The second-order valence-corrected chi connectivity index (χ2v) is 14.6. The third kappa shape index (κ3) is 4.29. The Balaban J connectivity index is 2.51. The third-order valence-corrected chi connectivity index (χ3v) is 12.9. The van der Waals surface area contributed by atoms with Crippen LogP contribution in [0, 0.1) is 0 Å². The molecule has 0 saturated carbocycles. The molecule has 2 aromatic rings. The quantitative estimate of drug-likeness (QED) is 0.330. The lowest BCUT2D eigenvalue weighted by molar-refractivity contribution is 0.0529. The Labute approximate surface area is 174 Å². The molecule has 4 nitrogen and oxygen atoms in total. The third-order valence-electron chi connectivity index (χ3n) is 5.63. The number of esters is 1. The van der Waals surface area contributed by atoms with E-state index in [2.05, 4.69) is 41.5 Å². The zero-order chi connectivity index (χ0) is 21.1. The molecule has 1 aromatic heterocycles. The molecule has 0 radical (unpaired) electrons. The van der Waals surface area contributed by atoms with Gasteiger partial charge in [-0.3, -0.25) is 0 Å². The van der Waals surface area contributed by atoms with Gasteiger partial charge in [0.2, 0.25) is 8.32 Å². The number of carbonyl (C=O) groups excluding carboxylic acids is 1. The van der Waals surface area contributed by atoms with Crippen LogP contribution in [-0.2, 0) is 15.8 Å². The van der Waals surface area contributed by atoms with E-state index >= 15 is 0 Å². The van der Waals surface area contributed by atoms with Gasteiger partial charge < -0.3 is 13.9 Å². The lowest BCUT2D eigenvalue weighted by Gasteiger charge is -2.42. The van der Waals surface area contributed by atoms with Crippen molar-refractivity contribution in [1.29, 1.82) is 0 Å². The van der Waals surface area contributed by atoms with Crippen molar-refractivity contribution in [2.45, 2.75) is 71.7 Å². The first-order valence-electron chi connectivity index (χ1n) is 10.1. The maximum absolute atomic E-state index is 12.6. The Morgan fingerprint density at radius 3 is 2.18 bits per heavy atom. The first kappa shape index (κ1) is 22.9. The summed E-state index contributed by atoms with van der Waals surface area (Å²) >= 11 is 1.46. The normalized spacial score (nSPS) is 12.4. The number of rotatable bonds is 9. The minimum absolute atomic E-state index is 0.271. The number of fused-ring (bicyclic) bond motifs is 1. The summed E-state index contributed by atoms with van der Waals surface area (Å²) in [5.74, 6) is 0.513. The highest BCUT2D eigenvalue weighted by molar-refractivity contribution is 7.21. The van der Waals surface area contributed by atoms with Gasteiger partial charge in [0, 0.05) is 10.3 Å². The van der Waals surface area contributed by atoms with Gasteiger partial charge in [-0.15, -0.1) is 11.3 Å². The second kappa shape index (κ2) is 9.42. The van der Waals surface area contributed by atoms with Gasteiger partial charge in [-0.05, 0) is 47.1 Å². The predicted molar refractivity (Wildman–Crippen MR) is 120 cm³/mol. The molecule has 1 aromatic carbocycles. The van der Waals surface area contributed by atoms with E-state index in [1.54, 1.807) is 7.11 Å². The molecule has 0 spiro atoms. The average Bonchev–Trinajstić information content (AvgIpc) is 2.99. The van der Waals surface area contributed by atoms with Crippen LogP contribution in [0.3, 0.4) is 0 Å². The number of thiophene rings is 1. The molecule has 28 heavy (non-hydrogen) atoms. The highest BCUT2D eigenvalue weighted by Gasteiger charge is 2.45. The fourth-order valence-electron chi connectivity index (χ4n) is 4.46. The second-order valence-electron chi connectivity index (χ2n) is 8.10. The largest absolute Gasteiger partial charge is 0.497 e. The molecule has 6 heteroatoms. The standard InChI is InChI=1S/C22H34O4SSi/c1-9-25-22(23)21-19(18-11-10-17(24-8)12-20(18)27-21)13-26-28(14(2)3,15(4)5)16(6)7/h10-12,14-16H,9,13H2,1-8H3. The topological polar surface area (TPSA) is 44.8 Å². The van der Waals surface area contributed by atoms with E-state index in [0.717, 1.165) is 21.4 Å². The first-order valence-corrected chi connectivity index (χ1v) is 13.0. The summed E-state index contributed by atoms with van der Waals surface area (Å²) in [4.78, 5) is 13.3. The van der Waals surface area contributed by atoms with Gasteiger partial charge >= 0.3 is 5.97 Å². The zero-order valence-corrected chi connectivity index (χ0v) is 20.2. The van der Waals surface area contributed by atoms with Crippen LogP contribution < -0.4 is 4.74 Å². The van der Waals surface area contributed by atoms with Gasteiger partial charge in [0.15, 0.2) is 0 Å². The summed E-state index contributed by atoms with van der Waals surface area (Å²) in [5, 5.41) is 1.05. The average molecular weight is 423 g/mol. The molecule has 0 N–H and O–H groups in total. The van der Waals surface area contributed by atoms with Gasteiger partial charge in [0.05, 0.1) is 20.3 Å². The maximum Gasteiger partial charge on any atom is 0.348 e. The Bertz CT molecular complexity index is 788. The molecule has 0 fully saturated rings. The van der Waals surface area contributed by atoms with Crippen LogP contribution in [0.1, 0.15) is 63.7 Å². The number of hydrogen-bond donors (Lipinski definition) is 0. The molecule has 0 aliphatic carbocycles. The van der Waals surface area contributed by atoms with Crippen LogP contribution in [0.4, 0.5) is 0 Å². The van der Waals surface area contributed by atoms with E-state index in [4.69, 9.17) is 13.9 Å². The lowest BCUT2D eigenvalue weighted by atomic mass is 10.1. The summed E-state index contributed by atoms with van der Waals surface area (Å²) in [6.45, 7) is 16.3. The summed E-state index contributed by atoms with van der Waals surface area (Å²) < 4.78 is 18.5. The SMILES string of the molecule is CCOC(=O)c1sc2cc(OC)ccc2c1CO[Si](C(C)C)(C(C)C)C(C)C. The van der Waals surface area contributed by atoms with Crippen LogP contribution in [-0.4, -0.2) is 28.0 Å². The smallest absolute Gasteiger partial charge is 0.348 e. The predicted octanol–water partition coefficient (Wildman–Crippen LogP) is 6.78. The summed E-state index contributed by atoms with van der Waals surface area (Å²) in [7, 11) is -0.386. The molecule has 0 aliphatic rings. The maximum atomic E-state index is 12.6. The van der Waals surface area contributed by atoms with Crippen LogP contribution in [0.2, 0.25) is 16.6 Å². The van der Waals surface area contributed by atoms with E-state index < -0.39 is 8.32 Å². The molecule has 0 bridgehead atoms. The Hall–Kier alpha value is -1.37. The van der Waals surface area contributed by atoms with Gasteiger partial charge in [-0.1, -0.05) is 41.5 Å². The molecule has 0 aliphatic heterocycles. The van der Waals surface area contributed by atoms with Crippen molar-refractivity contribution in [1.82, 2.24) is 0 Å². The fourth-order valence-corrected chi connectivity index (χ4v) is 11.0. The van der Waals surface area contributed by atoms with Crippen LogP contribution in [0.15, 0.2) is 18.2 Å². The Kier molecular flexibility index (Phi) is 7.71. The minimum Gasteiger partial charge on any atom is -0.497 e.